The Morgan fingerprint density at radius 2 is 1.92 bits per heavy atom. The minimum absolute atomic E-state index is 0.0614. The number of hydrogen-bond donors (Lipinski definition) is 0. The molecule has 0 atom stereocenters. The molecule has 0 saturated carbocycles. The van der Waals surface area contributed by atoms with Crippen molar-refractivity contribution < 1.29 is 26.7 Å². The van der Waals surface area contributed by atoms with E-state index in [2.05, 4.69) is 9.13 Å². The van der Waals surface area contributed by atoms with E-state index in [9.17, 15) is 22.0 Å². The van der Waals surface area contributed by atoms with E-state index in [0.717, 1.165) is 29.1 Å². The lowest BCUT2D eigenvalue weighted by molar-refractivity contribution is -0.141. The molecule has 0 radical (unpaired) electrons. The Balaban J connectivity index is 2.30. The normalized spacial score (nSPS) is 12.5. The molecule has 1 aromatic heterocycles. The van der Waals surface area contributed by atoms with Gasteiger partial charge in [0.1, 0.15) is 12.4 Å². The monoisotopic (exact) mass is 398 g/mol. The average Bonchev–Trinajstić information content (AvgIpc) is 2.92. The number of sulfonamides is 1. The van der Waals surface area contributed by atoms with Crippen LogP contribution in [0.3, 0.4) is 0 Å². The first-order chi connectivity index (χ1) is 12.3. The summed E-state index contributed by atoms with van der Waals surface area (Å²) < 4.78 is 62.1. The Labute approximate surface area is 151 Å². The summed E-state index contributed by atoms with van der Waals surface area (Å²) in [7, 11) is -2.96. The maximum absolute atomic E-state index is 14.2. The SMILES string of the molecule is COC(=O)Cn1/c(=N/S(=O)(=O)c2ccccc2)sc2cc(F)cc(F)c21. The van der Waals surface area contributed by atoms with Crippen LogP contribution in [-0.2, 0) is 26.1 Å². The second kappa shape index (κ2) is 6.96. The second-order valence-corrected chi connectivity index (χ2v) is 7.77. The summed E-state index contributed by atoms with van der Waals surface area (Å²) >= 11 is 0.756. The molecule has 0 amide bonds. The van der Waals surface area contributed by atoms with E-state index in [0.29, 0.717) is 6.07 Å². The first-order valence-electron chi connectivity index (χ1n) is 7.23. The molecule has 0 N–H and O–H groups in total. The minimum atomic E-state index is -4.10. The highest BCUT2D eigenvalue weighted by Gasteiger charge is 2.18. The van der Waals surface area contributed by atoms with Crippen molar-refractivity contribution in [1.82, 2.24) is 4.57 Å². The first-order valence-corrected chi connectivity index (χ1v) is 9.49. The molecule has 136 valence electrons. The van der Waals surface area contributed by atoms with Crippen molar-refractivity contribution in [3.05, 3.63) is 58.9 Å². The van der Waals surface area contributed by atoms with E-state index in [1.54, 1.807) is 6.07 Å². The van der Waals surface area contributed by atoms with Crippen molar-refractivity contribution in [2.24, 2.45) is 4.40 Å². The van der Waals surface area contributed by atoms with Gasteiger partial charge in [-0.3, -0.25) is 4.79 Å². The number of hydrogen-bond acceptors (Lipinski definition) is 5. The largest absolute Gasteiger partial charge is 0.468 e. The molecule has 10 heteroatoms. The van der Waals surface area contributed by atoms with Crippen molar-refractivity contribution in [3.63, 3.8) is 0 Å². The summed E-state index contributed by atoms with van der Waals surface area (Å²) in [5.74, 6) is -2.48. The number of carbonyl (C=O) groups excluding carboxylic acids is 1. The number of fused-ring (bicyclic) bond motifs is 1. The van der Waals surface area contributed by atoms with Crippen LogP contribution in [0.15, 0.2) is 51.8 Å². The molecular weight excluding hydrogens is 386 g/mol. The van der Waals surface area contributed by atoms with Crippen molar-refractivity contribution in [2.45, 2.75) is 11.4 Å². The fourth-order valence-corrected chi connectivity index (χ4v) is 4.58. The maximum atomic E-state index is 14.2. The van der Waals surface area contributed by atoms with Gasteiger partial charge in [-0.2, -0.15) is 8.42 Å². The quantitative estimate of drug-likeness (QED) is 0.633. The Bertz CT molecular complexity index is 1150. The molecule has 2 aromatic carbocycles. The van der Waals surface area contributed by atoms with Gasteiger partial charge in [0.15, 0.2) is 5.82 Å². The summed E-state index contributed by atoms with van der Waals surface area (Å²) in [5, 5.41) is 0. The number of rotatable bonds is 4. The predicted octanol–water partition coefficient (Wildman–Crippen LogP) is 2.44. The van der Waals surface area contributed by atoms with Gasteiger partial charge in [0, 0.05) is 6.07 Å². The molecule has 0 aliphatic rings. The van der Waals surface area contributed by atoms with Crippen LogP contribution in [0.5, 0.6) is 0 Å². The molecule has 6 nitrogen and oxygen atoms in total. The number of benzene rings is 2. The number of esters is 1. The summed E-state index contributed by atoms with van der Waals surface area (Å²) in [4.78, 5) is 11.4. The van der Waals surface area contributed by atoms with Gasteiger partial charge >= 0.3 is 5.97 Å². The van der Waals surface area contributed by atoms with E-state index < -0.39 is 34.2 Å². The third-order valence-electron chi connectivity index (χ3n) is 3.45. The molecule has 0 saturated heterocycles. The average molecular weight is 398 g/mol. The van der Waals surface area contributed by atoms with Gasteiger partial charge in [0.05, 0.1) is 22.2 Å². The molecule has 0 fully saturated rings. The van der Waals surface area contributed by atoms with E-state index in [1.165, 1.54) is 24.3 Å². The molecule has 0 spiro atoms. The van der Waals surface area contributed by atoms with Crippen LogP contribution >= 0.6 is 11.3 Å². The summed E-state index contributed by atoms with van der Waals surface area (Å²) in [6, 6.07) is 9.13. The first kappa shape index (κ1) is 18.2. The fraction of sp³-hybridized carbons (Fsp3) is 0.125. The van der Waals surface area contributed by atoms with Crippen LogP contribution < -0.4 is 4.80 Å². The highest BCUT2D eigenvalue weighted by atomic mass is 32.2. The zero-order chi connectivity index (χ0) is 18.9. The lowest BCUT2D eigenvalue weighted by Gasteiger charge is -2.05. The van der Waals surface area contributed by atoms with Gasteiger partial charge in [-0.05, 0) is 18.2 Å². The minimum Gasteiger partial charge on any atom is -0.468 e. The topological polar surface area (TPSA) is 77.7 Å². The van der Waals surface area contributed by atoms with Crippen LogP contribution in [0.1, 0.15) is 0 Å². The van der Waals surface area contributed by atoms with Crippen molar-refractivity contribution in [1.29, 1.82) is 0 Å². The lowest BCUT2D eigenvalue weighted by Crippen LogP contribution is -2.23. The molecule has 3 rings (SSSR count). The Morgan fingerprint density at radius 1 is 1.23 bits per heavy atom. The van der Waals surface area contributed by atoms with Crippen LogP contribution in [0, 0.1) is 11.6 Å². The summed E-state index contributed by atoms with van der Waals surface area (Å²) in [6.07, 6.45) is 0. The number of halogens is 2. The van der Waals surface area contributed by atoms with Crippen molar-refractivity contribution in [2.75, 3.05) is 7.11 Å². The lowest BCUT2D eigenvalue weighted by atomic mass is 10.3. The van der Waals surface area contributed by atoms with Crippen LogP contribution in [0.4, 0.5) is 8.78 Å². The van der Waals surface area contributed by atoms with Crippen LogP contribution in [-0.4, -0.2) is 26.1 Å². The number of thiazole rings is 1. The molecule has 0 aliphatic carbocycles. The summed E-state index contributed by atoms with van der Waals surface area (Å²) in [6.45, 7) is -0.470. The Morgan fingerprint density at radius 3 is 2.58 bits per heavy atom. The molecule has 0 bridgehead atoms. The zero-order valence-corrected chi connectivity index (χ0v) is 15.0. The third-order valence-corrected chi connectivity index (χ3v) is 5.87. The van der Waals surface area contributed by atoms with Gasteiger partial charge in [-0.1, -0.05) is 29.5 Å². The van der Waals surface area contributed by atoms with E-state index in [-0.39, 0.29) is 19.9 Å². The number of carbonyl (C=O) groups is 1. The molecule has 3 aromatic rings. The van der Waals surface area contributed by atoms with E-state index >= 15 is 0 Å². The molecular formula is C16H12F2N2O4S2. The van der Waals surface area contributed by atoms with E-state index in [1.807, 2.05) is 0 Å². The zero-order valence-electron chi connectivity index (χ0n) is 13.3. The Hall–Kier alpha value is -2.59. The number of methoxy groups -OCH3 is 1. The van der Waals surface area contributed by atoms with Crippen molar-refractivity contribution in [3.8, 4) is 0 Å². The van der Waals surface area contributed by atoms with Gasteiger partial charge in [0.2, 0.25) is 4.80 Å². The molecule has 26 heavy (non-hydrogen) atoms. The molecule has 0 aliphatic heterocycles. The maximum Gasteiger partial charge on any atom is 0.325 e. The second-order valence-electron chi connectivity index (χ2n) is 5.16. The van der Waals surface area contributed by atoms with Crippen LogP contribution in [0.25, 0.3) is 10.2 Å². The standard InChI is InChI=1S/C16H12F2N2O4S2/c1-24-14(21)9-20-15-12(18)7-10(17)8-13(15)25-16(20)19-26(22,23)11-5-3-2-4-6-11/h2-8H,9H2,1H3/b19-16-. The van der Waals surface area contributed by atoms with Crippen LogP contribution in [0.2, 0.25) is 0 Å². The Kier molecular flexibility index (Phi) is 4.88. The summed E-state index contributed by atoms with van der Waals surface area (Å²) in [5.41, 5.74) is -0.121. The number of ether oxygens (including phenoxy) is 1. The van der Waals surface area contributed by atoms with Gasteiger partial charge in [-0.25, -0.2) is 8.78 Å². The number of aromatic nitrogens is 1. The van der Waals surface area contributed by atoms with Gasteiger partial charge in [0.25, 0.3) is 10.0 Å². The number of nitrogens with zero attached hydrogens (tertiary/aromatic N) is 2. The van der Waals surface area contributed by atoms with Gasteiger partial charge in [-0.15, -0.1) is 4.40 Å². The highest BCUT2D eigenvalue weighted by Crippen LogP contribution is 2.23. The predicted molar refractivity (Wildman–Crippen MR) is 90.9 cm³/mol. The van der Waals surface area contributed by atoms with Gasteiger partial charge < -0.3 is 9.30 Å². The van der Waals surface area contributed by atoms with Crippen molar-refractivity contribution >= 4 is 37.5 Å². The third kappa shape index (κ3) is 3.51. The van der Waals surface area contributed by atoms with E-state index in [4.69, 9.17) is 0 Å². The highest BCUT2D eigenvalue weighted by molar-refractivity contribution is 7.90. The fourth-order valence-electron chi connectivity index (χ4n) is 2.29. The molecule has 1 heterocycles. The smallest absolute Gasteiger partial charge is 0.325 e. The molecule has 0 unspecified atom stereocenters.